The quantitative estimate of drug-likeness (QED) is 0.700. The smallest absolute Gasteiger partial charge is 0.261 e. The lowest BCUT2D eigenvalue weighted by molar-refractivity contribution is -0.119. The van der Waals surface area contributed by atoms with Crippen molar-refractivity contribution < 1.29 is 22.7 Å². The van der Waals surface area contributed by atoms with Crippen LogP contribution in [-0.4, -0.2) is 33.9 Å². The topological polar surface area (TPSA) is 105 Å². The van der Waals surface area contributed by atoms with Gasteiger partial charge in [-0.05, 0) is 48.9 Å². The van der Waals surface area contributed by atoms with Gasteiger partial charge in [-0.25, -0.2) is 8.42 Å². The Labute approximate surface area is 176 Å². The summed E-state index contributed by atoms with van der Waals surface area (Å²) in [6, 6.07) is 10.7. The molecule has 2 aromatic carbocycles. The molecule has 1 aliphatic heterocycles. The lowest BCUT2D eigenvalue weighted by Gasteiger charge is -2.20. The van der Waals surface area contributed by atoms with Crippen LogP contribution in [0.1, 0.15) is 26.7 Å². The van der Waals surface area contributed by atoms with Crippen molar-refractivity contribution in [3.05, 3.63) is 42.5 Å². The minimum Gasteiger partial charge on any atom is -0.495 e. The van der Waals surface area contributed by atoms with Gasteiger partial charge in [0.1, 0.15) is 5.75 Å². The Morgan fingerprint density at radius 3 is 2.33 bits per heavy atom. The number of ether oxygens (including phenoxy) is 1. The van der Waals surface area contributed by atoms with Crippen molar-refractivity contribution in [1.29, 1.82) is 0 Å². The molecule has 0 aliphatic carbocycles. The van der Waals surface area contributed by atoms with Gasteiger partial charge in [0, 0.05) is 24.6 Å². The Hall–Kier alpha value is -3.07. The van der Waals surface area contributed by atoms with E-state index in [1.165, 1.54) is 31.4 Å². The van der Waals surface area contributed by atoms with E-state index in [1.807, 2.05) is 0 Å². The summed E-state index contributed by atoms with van der Waals surface area (Å²) < 4.78 is 33.4. The van der Waals surface area contributed by atoms with Crippen molar-refractivity contribution in [2.45, 2.75) is 31.6 Å². The van der Waals surface area contributed by atoms with E-state index in [-0.39, 0.29) is 22.6 Å². The fourth-order valence-corrected chi connectivity index (χ4v) is 4.13. The maximum atomic E-state index is 12.8. The van der Waals surface area contributed by atoms with E-state index in [1.54, 1.807) is 36.9 Å². The van der Waals surface area contributed by atoms with Crippen LogP contribution in [0.15, 0.2) is 47.4 Å². The Balaban J connectivity index is 1.81. The van der Waals surface area contributed by atoms with Crippen LogP contribution in [-0.2, 0) is 19.6 Å². The first-order valence-corrected chi connectivity index (χ1v) is 11.1. The van der Waals surface area contributed by atoms with E-state index in [0.29, 0.717) is 35.8 Å². The van der Waals surface area contributed by atoms with Gasteiger partial charge in [-0.3, -0.25) is 14.3 Å². The van der Waals surface area contributed by atoms with Crippen molar-refractivity contribution in [2.75, 3.05) is 28.6 Å². The standard InChI is InChI=1S/C21H25N3O5S/c1-14(2)21(26)22-15-6-9-17(10-7-15)30(27,28)23-16-8-11-19(29-3)18(13-16)24-12-4-5-20(24)25/h6-11,13-14,23H,4-5,12H2,1-3H3,(H,22,26). The number of rotatable bonds is 7. The number of hydrogen-bond acceptors (Lipinski definition) is 5. The largest absolute Gasteiger partial charge is 0.495 e. The van der Waals surface area contributed by atoms with Crippen LogP contribution in [0.3, 0.4) is 0 Å². The maximum Gasteiger partial charge on any atom is 0.261 e. The molecule has 0 spiro atoms. The van der Waals surface area contributed by atoms with Crippen LogP contribution in [0.25, 0.3) is 0 Å². The van der Waals surface area contributed by atoms with Crippen molar-refractivity contribution in [1.82, 2.24) is 0 Å². The number of carbonyl (C=O) groups excluding carboxylic acids is 2. The number of anilines is 3. The van der Waals surface area contributed by atoms with Gasteiger partial charge in [0.25, 0.3) is 10.0 Å². The van der Waals surface area contributed by atoms with Crippen molar-refractivity contribution in [3.8, 4) is 5.75 Å². The second-order valence-corrected chi connectivity index (χ2v) is 8.99. The Morgan fingerprint density at radius 1 is 1.10 bits per heavy atom. The molecule has 2 N–H and O–H groups in total. The Morgan fingerprint density at radius 2 is 1.77 bits per heavy atom. The normalized spacial score (nSPS) is 14.1. The number of benzene rings is 2. The van der Waals surface area contributed by atoms with E-state index in [9.17, 15) is 18.0 Å². The molecule has 1 heterocycles. The maximum absolute atomic E-state index is 12.8. The van der Waals surface area contributed by atoms with Crippen LogP contribution in [0.2, 0.25) is 0 Å². The van der Waals surface area contributed by atoms with Gasteiger partial charge in [0.05, 0.1) is 23.4 Å². The summed E-state index contributed by atoms with van der Waals surface area (Å²) in [7, 11) is -2.35. The summed E-state index contributed by atoms with van der Waals surface area (Å²) in [5.41, 5.74) is 1.38. The number of sulfonamides is 1. The minimum atomic E-state index is -3.86. The van der Waals surface area contributed by atoms with Crippen molar-refractivity contribution in [3.63, 3.8) is 0 Å². The molecule has 0 radical (unpaired) electrons. The predicted molar refractivity (Wildman–Crippen MR) is 115 cm³/mol. The number of nitrogens with zero attached hydrogens (tertiary/aromatic N) is 1. The van der Waals surface area contributed by atoms with E-state index >= 15 is 0 Å². The summed E-state index contributed by atoms with van der Waals surface area (Å²) in [5, 5.41) is 2.72. The molecule has 0 bridgehead atoms. The summed E-state index contributed by atoms with van der Waals surface area (Å²) in [6.45, 7) is 4.11. The van der Waals surface area contributed by atoms with Crippen LogP contribution < -0.4 is 19.7 Å². The second kappa shape index (κ2) is 8.74. The van der Waals surface area contributed by atoms with Crippen LogP contribution in [0.4, 0.5) is 17.1 Å². The van der Waals surface area contributed by atoms with Crippen LogP contribution in [0.5, 0.6) is 5.75 Å². The zero-order valence-corrected chi connectivity index (χ0v) is 18.0. The summed E-state index contributed by atoms with van der Waals surface area (Å²) in [5.74, 6) is 0.151. The fraction of sp³-hybridized carbons (Fsp3) is 0.333. The highest BCUT2D eigenvalue weighted by molar-refractivity contribution is 7.92. The van der Waals surface area contributed by atoms with Gasteiger partial charge in [0.15, 0.2) is 0 Å². The molecule has 0 atom stereocenters. The van der Waals surface area contributed by atoms with E-state index < -0.39 is 10.0 Å². The third-order valence-electron chi connectivity index (χ3n) is 4.75. The fourth-order valence-electron chi connectivity index (χ4n) is 3.09. The molecular weight excluding hydrogens is 406 g/mol. The molecule has 0 unspecified atom stereocenters. The summed E-state index contributed by atoms with van der Waals surface area (Å²) in [6.07, 6.45) is 1.20. The van der Waals surface area contributed by atoms with Gasteiger partial charge in [-0.1, -0.05) is 13.8 Å². The highest BCUT2D eigenvalue weighted by Gasteiger charge is 2.25. The first-order chi connectivity index (χ1) is 14.2. The average molecular weight is 432 g/mol. The summed E-state index contributed by atoms with van der Waals surface area (Å²) >= 11 is 0. The number of amides is 2. The molecule has 160 valence electrons. The minimum absolute atomic E-state index is 0.0210. The molecule has 8 nitrogen and oxygen atoms in total. The molecule has 1 aliphatic rings. The predicted octanol–water partition coefficient (Wildman–Crippen LogP) is 3.22. The van der Waals surface area contributed by atoms with Gasteiger partial charge in [-0.15, -0.1) is 0 Å². The molecule has 0 saturated carbocycles. The highest BCUT2D eigenvalue weighted by atomic mass is 32.2. The molecule has 3 rings (SSSR count). The SMILES string of the molecule is COc1ccc(NS(=O)(=O)c2ccc(NC(=O)C(C)C)cc2)cc1N1CCCC1=O. The summed E-state index contributed by atoms with van der Waals surface area (Å²) in [4.78, 5) is 25.5. The highest BCUT2D eigenvalue weighted by Crippen LogP contribution is 2.34. The van der Waals surface area contributed by atoms with Gasteiger partial charge in [-0.2, -0.15) is 0 Å². The van der Waals surface area contributed by atoms with Crippen molar-refractivity contribution >= 4 is 38.9 Å². The molecule has 0 aromatic heterocycles. The Kier molecular flexibility index (Phi) is 6.31. The van der Waals surface area contributed by atoms with E-state index in [2.05, 4.69) is 10.0 Å². The van der Waals surface area contributed by atoms with Gasteiger partial charge >= 0.3 is 0 Å². The first kappa shape index (κ1) is 21.6. The lowest BCUT2D eigenvalue weighted by Crippen LogP contribution is -2.24. The van der Waals surface area contributed by atoms with Gasteiger partial charge in [0.2, 0.25) is 11.8 Å². The monoisotopic (exact) mass is 431 g/mol. The number of methoxy groups -OCH3 is 1. The number of hydrogen-bond donors (Lipinski definition) is 2. The zero-order chi connectivity index (χ0) is 21.9. The molecule has 30 heavy (non-hydrogen) atoms. The average Bonchev–Trinajstić information content (AvgIpc) is 3.13. The molecule has 1 saturated heterocycles. The molecular formula is C21H25N3O5S. The molecule has 2 aromatic rings. The van der Waals surface area contributed by atoms with Gasteiger partial charge < -0.3 is 15.0 Å². The Bertz CT molecular complexity index is 1050. The molecule has 2 amide bonds. The lowest BCUT2D eigenvalue weighted by atomic mass is 10.2. The third kappa shape index (κ3) is 4.73. The second-order valence-electron chi connectivity index (χ2n) is 7.31. The van der Waals surface area contributed by atoms with E-state index in [0.717, 1.165) is 6.42 Å². The zero-order valence-electron chi connectivity index (χ0n) is 17.1. The van der Waals surface area contributed by atoms with Crippen LogP contribution in [0, 0.1) is 5.92 Å². The van der Waals surface area contributed by atoms with Crippen molar-refractivity contribution in [2.24, 2.45) is 5.92 Å². The third-order valence-corrected chi connectivity index (χ3v) is 6.15. The van der Waals surface area contributed by atoms with E-state index in [4.69, 9.17) is 4.74 Å². The number of nitrogens with one attached hydrogen (secondary N) is 2. The number of carbonyl (C=O) groups is 2. The first-order valence-electron chi connectivity index (χ1n) is 9.63. The van der Waals surface area contributed by atoms with Crippen LogP contribution >= 0.6 is 0 Å². The molecule has 1 fully saturated rings. The molecule has 9 heteroatoms.